The molecule has 0 atom stereocenters. The van der Waals surface area contributed by atoms with Crippen LogP contribution in [-0.4, -0.2) is 0 Å². The SMILES string of the molecule is Brc1ccc(C2(c3ccccc3)c3ccccc3-c3ccccc32)cc1. The first kappa shape index (κ1) is 15.6. The minimum atomic E-state index is -0.283. The lowest BCUT2D eigenvalue weighted by Gasteiger charge is -2.33. The Hall–Kier alpha value is -2.64. The summed E-state index contributed by atoms with van der Waals surface area (Å²) in [4.78, 5) is 0. The van der Waals surface area contributed by atoms with Gasteiger partial charge in [-0.2, -0.15) is 0 Å². The summed E-state index contributed by atoms with van der Waals surface area (Å²) in [5.74, 6) is 0. The summed E-state index contributed by atoms with van der Waals surface area (Å²) in [6.45, 7) is 0. The van der Waals surface area contributed by atoms with Gasteiger partial charge in [0.1, 0.15) is 0 Å². The van der Waals surface area contributed by atoms with Crippen LogP contribution in [-0.2, 0) is 5.41 Å². The van der Waals surface area contributed by atoms with Gasteiger partial charge in [-0.3, -0.25) is 0 Å². The molecule has 0 N–H and O–H groups in total. The van der Waals surface area contributed by atoms with Gasteiger partial charge in [0.2, 0.25) is 0 Å². The topological polar surface area (TPSA) is 0 Å². The Kier molecular flexibility index (Phi) is 3.58. The number of hydrogen-bond donors (Lipinski definition) is 0. The van der Waals surface area contributed by atoms with Crippen molar-refractivity contribution in [1.82, 2.24) is 0 Å². The van der Waals surface area contributed by atoms with Gasteiger partial charge in [0, 0.05) is 4.47 Å². The molecule has 0 amide bonds. The molecule has 0 saturated carbocycles. The first-order valence-corrected chi connectivity index (χ1v) is 9.62. The van der Waals surface area contributed by atoms with Crippen molar-refractivity contribution >= 4 is 15.9 Å². The van der Waals surface area contributed by atoms with Crippen LogP contribution in [0.1, 0.15) is 22.3 Å². The molecule has 0 nitrogen and oxygen atoms in total. The summed E-state index contributed by atoms with van der Waals surface area (Å²) in [5, 5.41) is 0. The normalized spacial score (nSPS) is 13.9. The molecule has 0 saturated heterocycles. The maximum atomic E-state index is 3.59. The lowest BCUT2D eigenvalue weighted by molar-refractivity contribution is 0.768. The standard InChI is InChI=1S/C25H17Br/c26-20-16-14-19(15-17-20)25(18-8-2-1-3-9-18)23-12-6-4-10-21(23)22-11-5-7-13-24(22)25/h1-17H. The number of rotatable bonds is 2. The summed E-state index contributed by atoms with van der Waals surface area (Å²) in [5.41, 5.74) is 7.69. The van der Waals surface area contributed by atoms with E-state index in [9.17, 15) is 0 Å². The molecule has 124 valence electrons. The van der Waals surface area contributed by atoms with Crippen molar-refractivity contribution in [1.29, 1.82) is 0 Å². The van der Waals surface area contributed by atoms with Crippen LogP contribution in [0.3, 0.4) is 0 Å². The van der Waals surface area contributed by atoms with Crippen molar-refractivity contribution in [3.05, 3.63) is 130 Å². The zero-order valence-electron chi connectivity index (χ0n) is 14.2. The Balaban J connectivity index is 1.96. The van der Waals surface area contributed by atoms with Gasteiger partial charge in [0.25, 0.3) is 0 Å². The Morgan fingerprint density at radius 2 is 0.923 bits per heavy atom. The van der Waals surface area contributed by atoms with E-state index < -0.39 is 0 Å². The molecule has 0 heterocycles. The molecule has 26 heavy (non-hydrogen) atoms. The van der Waals surface area contributed by atoms with Gasteiger partial charge in [0.15, 0.2) is 0 Å². The third-order valence-corrected chi connectivity index (χ3v) is 5.97. The Bertz CT molecular complexity index is 1030. The zero-order valence-corrected chi connectivity index (χ0v) is 15.8. The lowest BCUT2D eigenvalue weighted by Crippen LogP contribution is -2.28. The van der Waals surface area contributed by atoms with E-state index in [4.69, 9.17) is 0 Å². The minimum absolute atomic E-state index is 0.283. The molecule has 1 aliphatic carbocycles. The van der Waals surface area contributed by atoms with Crippen LogP contribution in [0.15, 0.2) is 108 Å². The van der Waals surface area contributed by atoms with Crippen molar-refractivity contribution in [2.45, 2.75) is 5.41 Å². The molecule has 4 aromatic carbocycles. The van der Waals surface area contributed by atoms with E-state index in [-0.39, 0.29) is 5.41 Å². The van der Waals surface area contributed by atoms with Crippen LogP contribution in [0.4, 0.5) is 0 Å². The van der Waals surface area contributed by atoms with Crippen LogP contribution < -0.4 is 0 Å². The van der Waals surface area contributed by atoms with E-state index in [1.54, 1.807) is 0 Å². The molecule has 0 unspecified atom stereocenters. The van der Waals surface area contributed by atoms with Crippen LogP contribution in [0.5, 0.6) is 0 Å². The third kappa shape index (κ3) is 2.07. The van der Waals surface area contributed by atoms with Gasteiger partial charge in [-0.05, 0) is 45.5 Å². The molecule has 0 aliphatic heterocycles. The fourth-order valence-corrected chi connectivity index (χ4v) is 4.68. The smallest absolute Gasteiger partial charge is 0.0622 e. The summed E-state index contributed by atoms with van der Waals surface area (Å²) in [7, 11) is 0. The van der Waals surface area contributed by atoms with E-state index >= 15 is 0 Å². The van der Waals surface area contributed by atoms with E-state index in [0.717, 1.165) is 4.47 Å². The fourth-order valence-electron chi connectivity index (χ4n) is 4.41. The van der Waals surface area contributed by atoms with E-state index in [2.05, 4.69) is 119 Å². The quantitative estimate of drug-likeness (QED) is 0.307. The van der Waals surface area contributed by atoms with Crippen molar-refractivity contribution < 1.29 is 0 Å². The summed E-state index contributed by atoms with van der Waals surface area (Å²) in [6, 6.07) is 37.3. The number of fused-ring (bicyclic) bond motifs is 3. The maximum Gasteiger partial charge on any atom is 0.0713 e. The summed E-state index contributed by atoms with van der Waals surface area (Å²) in [6.07, 6.45) is 0. The highest BCUT2D eigenvalue weighted by molar-refractivity contribution is 9.10. The second kappa shape index (κ2) is 5.96. The van der Waals surface area contributed by atoms with Gasteiger partial charge >= 0.3 is 0 Å². The molecule has 1 heteroatoms. The first-order chi connectivity index (χ1) is 12.8. The van der Waals surface area contributed by atoms with Gasteiger partial charge in [-0.1, -0.05) is 107 Å². The van der Waals surface area contributed by atoms with E-state index in [1.165, 1.54) is 33.4 Å². The third-order valence-electron chi connectivity index (χ3n) is 5.44. The lowest BCUT2D eigenvalue weighted by atomic mass is 9.68. The van der Waals surface area contributed by atoms with Crippen LogP contribution in [0.2, 0.25) is 0 Å². The first-order valence-electron chi connectivity index (χ1n) is 8.83. The highest BCUT2D eigenvalue weighted by Gasteiger charge is 2.45. The maximum absolute atomic E-state index is 3.59. The molecule has 0 fully saturated rings. The molecular weight excluding hydrogens is 380 g/mol. The predicted molar refractivity (Wildman–Crippen MR) is 111 cm³/mol. The van der Waals surface area contributed by atoms with Crippen LogP contribution in [0, 0.1) is 0 Å². The Morgan fingerprint density at radius 1 is 0.462 bits per heavy atom. The van der Waals surface area contributed by atoms with Gasteiger partial charge in [-0.25, -0.2) is 0 Å². The zero-order chi connectivity index (χ0) is 17.6. The second-order valence-electron chi connectivity index (χ2n) is 6.71. The summed E-state index contributed by atoms with van der Waals surface area (Å²) < 4.78 is 1.10. The fraction of sp³-hybridized carbons (Fsp3) is 0.0400. The molecule has 5 rings (SSSR count). The molecule has 1 aliphatic rings. The van der Waals surface area contributed by atoms with Gasteiger partial charge < -0.3 is 0 Å². The molecule has 4 aromatic rings. The average molecular weight is 397 g/mol. The molecule has 0 radical (unpaired) electrons. The van der Waals surface area contributed by atoms with Crippen LogP contribution >= 0.6 is 15.9 Å². The highest BCUT2D eigenvalue weighted by Crippen LogP contribution is 2.55. The van der Waals surface area contributed by atoms with Gasteiger partial charge in [-0.15, -0.1) is 0 Å². The van der Waals surface area contributed by atoms with Crippen molar-refractivity contribution in [2.24, 2.45) is 0 Å². The largest absolute Gasteiger partial charge is 0.0713 e. The van der Waals surface area contributed by atoms with Crippen molar-refractivity contribution in [3.63, 3.8) is 0 Å². The average Bonchev–Trinajstić information content (AvgIpc) is 3.01. The summed E-state index contributed by atoms with van der Waals surface area (Å²) >= 11 is 3.59. The Morgan fingerprint density at radius 3 is 1.50 bits per heavy atom. The second-order valence-corrected chi connectivity index (χ2v) is 7.63. The minimum Gasteiger partial charge on any atom is -0.0622 e. The predicted octanol–water partition coefficient (Wildman–Crippen LogP) is 6.81. The van der Waals surface area contributed by atoms with E-state index in [0.29, 0.717) is 0 Å². The van der Waals surface area contributed by atoms with Crippen molar-refractivity contribution in [2.75, 3.05) is 0 Å². The van der Waals surface area contributed by atoms with Crippen molar-refractivity contribution in [3.8, 4) is 11.1 Å². The number of benzene rings is 4. The monoisotopic (exact) mass is 396 g/mol. The highest BCUT2D eigenvalue weighted by atomic mass is 79.9. The Labute approximate surface area is 162 Å². The molecule has 0 bridgehead atoms. The molecule has 0 aromatic heterocycles. The molecular formula is C25H17Br. The van der Waals surface area contributed by atoms with E-state index in [1.807, 2.05) is 0 Å². The van der Waals surface area contributed by atoms with Crippen LogP contribution in [0.25, 0.3) is 11.1 Å². The molecule has 0 spiro atoms. The van der Waals surface area contributed by atoms with Gasteiger partial charge in [0.05, 0.1) is 5.41 Å². The number of halogens is 1. The number of hydrogen-bond acceptors (Lipinski definition) is 0.